The fourth-order valence-corrected chi connectivity index (χ4v) is 7.21. The third-order valence-corrected chi connectivity index (χ3v) is 9.44. The van der Waals surface area contributed by atoms with Crippen molar-refractivity contribution in [1.29, 1.82) is 0 Å². The lowest BCUT2D eigenvalue weighted by atomic mass is 9.68. The maximum atomic E-state index is 17.4. The first-order chi connectivity index (χ1) is 18.5. The van der Waals surface area contributed by atoms with Gasteiger partial charge in [0.25, 0.3) is 11.4 Å². The zero-order valence-electron chi connectivity index (χ0n) is 21.8. The number of aromatic nitrogens is 2. The Bertz CT molecular complexity index is 2110. The van der Waals surface area contributed by atoms with E-state index in [-0.39, 0.29) is 0 Å². The van der Waals surface area contributed by atoms with Crippen LogP contribution >= 0.6 is 0 Å². The lowest BCUT2D eigenvalue weighted by molar-refractivity contribution is -0.759. The molecule has 0 amide bonds. The monoisotopic (exact) mass is 495 g/mol. The Morgan fingerprint density at radius 1 is 0.684 bits per heavy atom. The molecule has 0 spiro atoms. The molecule has 1 aliphatic rings. The number of hydrogen-bond acceptors (Lipinski definition) is 0. The van der Waals surface area contributed by atoms with E-state index in [4.69, 9.17) is 0 Å². The Labute approximate surface area is 220 Å². The van der Waals surface area contributed by atoms with Crippen molar-refractivity contribution in [3.63, 3.8) is 0 Å². The number of benzene rings is 5. The van der Waals surface area contributed by atoms with Gasteiger partial charge in [0.05, 0.1) is 10.8 Å². The minimum atomic E-state index is -1.61. The molecule has 2 aromatic heterocycles. The molecule has 1 aliphatic heterocycles. The first-order valence-electron chi connectivity index (χ1n) is 13.5. The Morgan fingerprint density at radius 3 is 2.18 bits per heavy atom. The molecule has 8 rings (SSSR count). The van der Waals surface area contributed by atoms with Crippen molar-refractivity contribution in [2.24, 2.45) is 0 Å². The molecular weight excluding hydrogens is 467 g/mol. The number of hydrogen-bond donors (Lipinski definition) is 0. The molecule has 3 heteroatoms. The molecule has 0 radical (unpaired) electrons. The molecular formula is C35H28FN2+. The SMILES string of the molecule is CCC1(C)c2ccc(-c3cccc4ccccc34)c3c4ccccc4n4c5ccccc5[n+](c4c23)[C@@]1(C)F. The van der Waals surface area contributed by atoms with Gasteiger partial charge >= 0.3 is 0 Å². The smallest absolute Gasteiger partial charge is 0.193 e. The highest BCUT2D eigenvalue weighted by Crippen LogP contribution is 2.52. The highest BCUT2D eigenvalue weighted by Gasteiger charge is 2.57. The van der Waals surface area contributed by atoms with Crippen LogP contribution in [0.3, 0.4) is 0 Å². The molecule has 2 nitrogen and oxygen atoms in total. The van der Waals surface area contributed by atoms with E-state index < -0.39 is 11.2 Å². The zero-order chi connectivity index (χ0) is 25.8. The Morgan fingerprint density at radius 2 is 1.37 bits per heavy atom. The van der Waals surface area contributed by atoms with Crippen LogP contribution in [0.15, 0.2) is 103 Å². The summed E-state index contributed by atoms with van der Waals surface area (Å²) in [6, 6.07) is 36.4. The maximum Gasteiger partial charge on any atom is 0.298 e. The average Bonchev–Trinajstić information content (AvgIpc) is 3.32. The molecule has 0 saturated heterocycles. The van der Waals surface area contributed by atoms with Gasteiger partial charge in [0.15, 0.2) is 11.0 Å². The van der Waals surface area contributed by atoms with Crippen molar-refractivity contribution in [3.05, 3.63) is 109 Å². The minimum absolute atomic E-state index is 0.688. The molecule has 2 atom stereocenters. The number of halogens is 1. The van der Waals surface area contributed by atoms with E-state index in [1.165, 1.54) is 32.7 Å². The third-order valence-electron chi connectivity index (χ3n) is 9.44. The maximum absolute atomic E-state index is 17.4. The molecule has 184 valence electrons. The number of pyridine rings is 1. The molecule has 0 fully saturated rings. The first-order valence-corrected chi connectivity index (χ1v) is 13.5. The number of imidazole rings is 1. The summed E-state index contributed by atoms with van der Waals surface area (Å²) < 4.78 is 21.7. The summed E-state index contributed by atoms with van der Waals surface area (Å²) in [6.45, 7) is 5.98. The summed E-state index contributed by atoms with van der Waals surface area (Å²) in [7, 11) is 0. The lowest BCUT2D eigenvalue weighted by Gasteiger charge is -2.41. The first kappa shape index (κ1) is 21.8. The molecule has 38 heavy (non-hydrogen) atoms. The van der Waals surface area contributed by atoms with Gasteiger partial charge in [-0.15, -0.1) is 0 Å². The number of fused-ring (bicyclic) bond motifs is 7. The van der Waals surface area contributed by atoms with E-state index in [2.05, 4.69) is 115 Å². The second kappa shape index (κ2) is 7.20. The standard InChI is InChI=1S/C35H28FN2/c1-4-34(2)27-21-20-25(24-16-11-13-22-12-5-6-14-23(22)24)31-26-15-7-8-17-28(26)37-29-18-9-10-19-30(29)38(35(34,3)36)33(37)32(27)31/h5-21H,4H2,1-3H3/q+1/t34?,35-/m1/s1. The summed E-state index contributed by atoms with van der Waals surface area (Å²) in [5, 5.41) is 6.00. The second-order valence-electron chi connectivity index (χ2n) is 11.1. The molecule has 3 heterocycles. The summed E-state index contributed by atoms with van der Waals surface area (Å²) in [5.74, 6) is -1.61. The van der Waals surface area contributed by atoms with Crippen LogP contribution in [-0.2, 0) is 11.2 Å². The zero-order valence-corrected chi connectivity index (χ0v) is 21.8. The van der Waals surface area contributed by atoms with Gasteiger partial charge in [0.1, 0.15) is 5.52 Å². The van der Waals surface area contributed by atoms with Gasteiger partial charge in [-0.25, -0.2) is 0 Å². The quantitative estimate of drug-likeness (QED) is 0.167. The summed E-state index contributed by atoms with van der Waals surface area (Å²) in [4.78, 5) is 0. The highest BCUT2D eigenvalue weighted by atomic mass is 19.1. The fraction of sp³-hybridized carbons (Fsp3) is 0.171. The minimum Gasteiger partial charge on any atom is -0.193 e. The lowest BCUT2D eigenvalue weighted by Crippen LogP contribution is -2.64. The summed E-state index contributed by atoms with van der Waals surface area (Å²) in [5.41, 5.74) is 6.78. The van der Waals surface area contributed by atoms with Crippen LogP contribution in [0.4, 0.5) is 4.39 Å². The summed E-state index contributed by atoms with van der Waals surface area (Å²) in [6.07, 6.45) is 0.688. The van der Waals surface area contributed by atoms with Crippen LogP contribution in [0, 0.1) is 0 Å². The van der Waals surface area contributed by atoms with Crippen LogP contribution in [0.25, 0.3) is 60.3 Å². The highest BCUT2D eigenvalue weighted by molar-refractivity contribution is 6.21. The van der Waals surface area contributed by atoms with Gasteiger partial charge in [-0.3, -0.25) is 0 Å². The van der Waals surface area contributed by atoms with E-state index in [0.29, 0.717) is 6.42 Å². The van der Waals surface area contributed by atoms with Gasteiger partial charge in [0, 0.05) is 17.7 Å². The molecule has 0 saturated carbocycles. The van der Waals surface area contributed by atoms with Crippen LogP contribution in [0.2, 0.25) is 0 Å². The number of nitrogens with zero attached hydrogens (tertiary/aromatic N) is 2. The predicted octanol–water partition coefficient (Wildman–Crippen LogP) is 8.83. The van der Waals surface area contributed by atoms with Gasteiger partial charge < -0.3 is 0 Å². The van der Waals surface area contributed by atoms with E-state index in [1.54, 1.807) is 6.92 Å². The van der Waals surface area contributed by atoms with Crippen LogP contribution in [0.5, 0.6) is 0 Å². The van der Waals surface area contributed by atoms with E-state index in [9.17, 15) is 0 Å². The van der Waals surface area contributed by atoms with Crippen molar-refractivity contribution in [2.75, 3.05) is 0 Å². The molecule has 5 aromatic carbocycles. The van der Waals surface area contributed by atoms with E-state index in [1.807, 2.05) is 10.6 Å². The summed E-state index contributed by atoms with van der Waals surface area (Å²) >= 11 is 0. The Kier molecular flexibility index (Phi) is 4.13. The van der Waals surface area contributed by atoms with Crippen LogP contribution in [0.1, 0.15) is 32.8 Å². The van der Waals surface area contributed by atoms with Crippen molar-refractivity contribution in [2.45, 2.75) is 38.4 Å². The van der Waals surface area contributed by atoms with Gasteiger partial charge in [-0.1, -0.05) is 91.9 Å². The predicted molar refractivity (Wildman–Crippen MR) is 155 cm³/mol. The van der Waals surface area contributed by atoms with Gasteiger partial charge in [-0.05, 0) is 59.0 Å². The van der Waals surface area contributed by atoms with Crippen LogP contribution < -0.4 is 4.57 Å². The molecule has 0 N–H and O–H groups in total. The van der Waals surface area contributed by atoms with Crippen molar-refractivity contribution in [1.82, 2.24) is 4.40 Å². The van der Waals surface area contributed by atoms with Crippen molar-refractivity contribution in [3.8, 4) is 11.1 Å². The Hall–Kier alpha value is -4.24. The molecule has 1 unspecified atom stereocenters. The Balaban J connectivity index is 1.73. The number of rotatable bonds is 2. The average molecular weight is 496 g/mol. The molecule has 0 bridgehead atoms. The van der Waals surface area contributed by atoms with E-state index in [0.717, 1.165) is 33.1 Å². The van der Waals surface area contributed by atoms with Crippen LogP contribution in [-0.4, -0.2) is 4.40 Å². The number of alkyl halides is 1. The normalized spacial score (nSPS) is 20.9. The second-order valence-corrected chi connectivity index (χ2v) is 11.1. The molecule has 0 aliphatic carbocycles. The van der Waals surface area contributed by atoms with Crippen molar-refractivity contribution >= 4 is 49.1 Å². The fourth-order valence-electron chi connectivity index (χ4n) is 7.21. The van der Waals surface area contributed by atoms with Gasteiger partial charge in [-0.2, -0.15) is 13.4 Å². The molecule has 7 aromatic rings. The van der Waals surface area contributed by atoms with E-state index >= 15 is 4.39 Å². The third kappa shape index (κ3) is 2.41. The van der Waals surface area contributed by atoms with Crippen molar-refractivity contribution < 1.29 is 8.96 Å². The largest absolute Gasteiger partial charge is 0.298 e. The number of para-hydroxylation sites is 3. The van der Waals surface area contributed by atoms with Gasteiger partial charge in [0.2, 0.25) is 0 Å². The topological polar surface area (TPSA) is 8.29 Å².